The molecule has 1 N–H and O–H groups in total. The molecule has 4 aromatic rings. The molecule has 3 heteroatoms. The zero-order valence-corrected chi connectivity index (χ0v) is 14.8. The van der Waals surface area contributed by atoms with Crippen LogP contribution in [0.25, 0.3) is 10.9 Å². The number of H-pyrrole nitrogens is 1. The van der Waals surface area contributed by atoms with Crippen LogP contribution >= 0.6 is 0 Å². The lowest BCUT2D eigenvalue weighted by molar-refractivity contribution is 1.12. The Morgan fingerprint density at radius 3 is 2.59 bits per heavy atom. The molecule has 27 heavy (non-hydrogen) atoms. The summed E-state index contributed by atoms with van der Waals surface area (Å²) in [5, 5.41) is 0.994. The van der Waals surface area contributed by atoms with E-state index in [9.17, 15) is 4.79 Å². The first kappa shape index (κ1) is 16.8. The molecule has 0 unspecified atom stereocenters. The van der Waals surface area contributed by atoms with Gasteiger partial charge in [-0.05, 0) is 46.8 Å². The van der Waals surface area contributed by atoms with Crippen LogP contribution in [-0.2, 0) is 12.8 Å². The number of nitrogens with one attached hydrogen (secondary N) is 1. The van der Waals surface area contributed by atoms with Gasteiger partial charge in [0.1, 0.15) is 0 Å². The fraction of sp³-hybridized carbons (Fsp3) is 0.0833. The molecule has 0 saturated heterocycles. The van der Waals surface area contributed by atoms with E-state index < -0.39 is 0 Å². The maximum atomic E-state index is 12.4. The summed E-state index contributed by atoms with van der Waals surface area (Å²) in [5.41, 5.74) is 4.70. The van der Waals surface area contributed by atoms with Crippen molar-refractivity contribution in [1.29, 1.82) is 0 Å². The zero-order valence-electron chi connectivity index (χ0n) is 14.8. The number of aromatic nitrogens is 2. The fourth-order valence-corrected chi connectivity index (χ4v) is 3.03. The molecule has 0 aliphatic carbocycles. The lowest BCUT2D eigenvalue weighted by Crippen LogP contribution is -2.12. The summed E-state index contributed by atoms with van der Waals surface area (Å²) in [6.45, 7) is 0. The van der Waals surface area contributed by atoms with Crippen molar-refractivity contribution in [3.8, 4) is 11.8 Å². The number of aromatic amines is 1. The lowest BCUT2D eigenvalue weighted by Gasteiger charge is -2.04. The highest BCUT2D eigenvalue weighted by atomic mass is 16.1. The molecular formula is C24H18N2O. The second kappa shape index (κ2) is 7.72. The quantitative estimate of drug-likeness (QED) is 0.565. The molecule has 0 radical (unpaired) electrons. The molecule has 0 saturated carbocycles. The second-order valence-electron chi connectivity index (χ2n) is 6.43. The summed E-state index contributed by atoms with van der Waals surface area (Å²) < 4.78 is 0. The molecule has 3 nitrogen and oxygen atoms in total. The van der Waals surface area contributed by atoms with Crippen LogP contribution in [0.1, 0.15) is 22.3 Å². The Morgan fingerprint density at radius 2 is 1.78 bits per heavy atom. The Kier molecular flexibility index (Phi) is 4.80. The third-order valence-electron chi connectivity index (χ3n) is 4.41. The third kappa shape index (κ3) is 4.13. The van der Waals surface area contributed by atoms with Crippen LogP contribution in [0.15, 0.2) is 83.9 Å². The van der Waals surface area contributed by atoms with Crippen molar-refractivity contribution in [1.82, 2.24) is 9.97 Å². The van der Waals surface area contributed by atoms with Gasteiger partial charge in [-0.25, -0.2) is 0 Å². The molecule has 0 bridgehead atoms. The van der Waals surface area contributed by atoms with Gasteiger partial charge in [-0.15, -0.1) is 0 Å². The van der Waals surface area contributed by atoms with Crippen molar-refractivity contribution in [2.24, 2.45) is 0 Å². The van der Waals surface area contributed by atoms with E-state index in [2.05, 4.69) is 21.8 Å². The van der Waals surface area contributed by atoms with Gasteiger partial charge in [-0.1, -0.05) is 48.2 Å². The van der Waals surface area contributed by atoms with Crippen LogP contribution in [0.4, 0.5) is 0 Å². The summed E-state index contributed by atoms with van der Waals surface area (Å²) in [7, 11) is 0. The van der Waals surface area contributed by atoms with Crippen LogP contribution < -0.4 is 5.56 Å². The Bertz CT molecular complexity index is 1180. The number of rotatable bonds is 3. The number of nitrogens with zero attached hydrogens (tertiary/aromatic N) is 1. The molecule has 0 atom stereocenters. The standard InChI is InChI=1S/C24H18N2O/c27-24-22(15-18-6-2-1-3-7-18)16-21-14-19(11-12-23(21)26-24)8-4-9-20-10-5-13-25-17-20/h1-3,5-7,10-14,16-17H,9,15H2,(H,26,27). The van der Waals surface area contributed by atoms with Crippen LogP contribution in [-0.4, -0.2) is 9.97 Å². The monoisotopic (exact) mass is 350 g/mol. The largest absolute Gasteiger partial charge is 0.322 e. The SMILES string of the molecule is O=c1[nH]c2ccc(C#CCc3cccnc3)cc2cc1Cc1ccccc1. The molecular weight excluding hydrogens is 332 g/mol. The van der Waals surface area contributed by atoms with E-state index in [1.54, 1.807) is 6.20 Å². The molecule has 0 aliphatic rings. The fourth-order valence-electron chi connectivity index (χ4n) is 3.03. The highest BCUT2D eigenvalue weighted by molar-refractivity contribution is 5.80. The van der Waals surface area contributed by atoms with Gasteiger partial charge < -0.3 is 4.98 Å². The van der Waals surface area contributed by atoms with Crippen molar-refractivity contribution >= 4 is 10.9 Å². The Morgan fingerprint density at radius 1 is 0.926 bits per heavy atom. The van der Waals surface area contributed by atoms with Crippen LogP contribution in [0, 0.1) is 11.8 Å². The Labute approximate surface area is 157 Å². The molecule has 2 heterocycles. The highest BCUT2D eigenvalue weighted by Crippen LogP contribution is 2.15. The van der Waals surface area contributed by atoms with Gasteiger partial charge in [0.15, 0.2) is 0 Å². The van der Waals surface area contributed by atoms with E-state index in [0.29, 0.717) is 12.8 Å². The minimum Gasteiger partial charge on any atom is -0.322 e. The van der Waals surface area contributed by atoms with Crippen molar-refractivity contribution in [3.63, 3.8) is 0 Å². The number of benzene rings is 2. The minimum absolute atomic E-state index is 0.0400. The smallest absolute Gasteiger partial charge is 0.251 e. The van der Waals surface area contributed by atoms with E-state index in [1.807, 2.05) is 72.9 Å². The molecule has 2 aromatic carbocycles. The normalized spacial score (nSPS) is 10.4. The van der Waals surface area contributed by atoms with E-state index in [1.165, 1.54) is 0 Å². The van der Waals surface area contributed by atoms with Crippen LogP contribution in [0.2, 0.25) is 0 Å². The highest BCUT2D eigenvalue weighted by Gasteiger charge is 2.04. The first-order valence-corrected chi connectivity index (χ1v) is 8.85. The summed E-state index contributed by atoms with van der Waals surface area (Å²) in [5.74, 6) is 6.39. The maximum absolute atomic E-state index is 12.4. The topological polar surface area (TPSA) is 45.8 Å². The van der Waals surface area contributed by atoms with Gasteiger partial charge in [-0.3, -0.25) is 9.78 Å². The first-order chi connectivity index (χ1) is 13.3. The minimum atomic E-state index is -0.0400. The Hall–Kier alpha value is -3.64. The van der Waals surface area contributed by atoms with E-state index >= 15 is 0 Å². The van der Waals surface area contributed by atoms with Crippen molar-refractivity contribution in [2.75, 3.05) is 0 Å². The van der Waals surface area contributed by atoms with Crippen molar-refractivity contribution < 1.29 is 0 Å². The van der Waals surface area contributed by atoms with Gasteiger partial charge in [0.2, 0.25) is 0 Å². The molecule has 0 spiro atoms. The molecule has 0 aliphatic heterocycles. The van der Waals surface area contributed by atoms with Crippen molar-refractivity contribution in [3.05, 3.63) is 112 Å². The molecule has 2 aromatic heterocycles. The maximum Gasteiger partial charge on any atom is 0.251 e. The van der Waals surface area contributed by atoms with E-state index in [4.69, 9.17) is 0 Å². The predicted molar refractivity (Wildman–Crippen MR) is 109 cm³/mol. The van der Waals surface area contributed by atoms with E-state index in [0.717, 1.165) is 33.2 Å². The molecule has 0 amide bonds. The van der Waals surface area contributed by atoms with Crippen LogP contribution in [0.3, 0.4) is 0 Å². The van der Waals surface area contributed by atoms with Gasteiger partial charge in [0.25, 0.3) is 5.56 Å². The summed E-state index contributed by atoms with van der Waals surface area (Å²) in [4.78, 5) is 19.4. The number of pyridine rings is 2. The van der Waals surface area contributed by atoms with Crippen LogP contribution in [0.5, 0.6) is 0 Å². The van der Waals surface area contributed by atoms with Gasteiger partial charge in [-0.2, -0.15) is 0 Å². The lowest BCUT2D eigenvalue weighted by atomic mass is 10.0. The zero-order chi connectivity index (χ0) is 18.5. The number of fused-ring (bicyclic) bond motifs is 1. The Balaban J connectivity index is 1.61. The predicted octanol–water partition coefficient (Wildman–Crippen LogP) is 4.11. The van der Waals surface area contributed by atoms with Gasteiger partial charge in [0.05, 0.1) is 0 Å². The van der Waals surface area contributed by atoms with E-state index in [-0.39, 0.29) is 5.56 Å². The number of hydrogen-bond donors (Lipinski definition) is 1. The van der Waals surface area contributed by atoms with Gasteiger partial charge in [0, 0.05) is 41.9 Å². The van der Waals surface area contributed by atoms with Crippen molar-refractivity contribution in [2.45, 2.75) is 12.8 Å². The second-order valence-corrected chi connectivity index (χ2v) is 6.43. The average Bonchev–Trinajstić information content (AvgIpc) is 2.70. The summed E-state index contributed by atoms with van der Waals surface area (Å²) in [6, 6.07) is 21.8. The summed E-state index contributed by atoms with van der Waals surface area (Å²) >= 11 is 0. The molecule has 130 valence electrons. The molecule has 0 fully saturated rings. The van der Waals surface area contributed by atoms with Gasteiger partial charge >= 0.3 is 0 Å². The first-order valence-electron chi connectivity index (χ1n) is 8.85. The summed E-state index contributed by atoms with van der Waals surface area (Å²) in [6.07, 6.45) is 4.86. The molecule has 4 rings (SSSR count). The third-order valence-corrected chi connectivity index (χ3v) is 4.41. The number of hydrogen-bond acceptors (Lipinski definition) is 2. The average molecular weight is 350 g/mol.